The van der Waals surface area contributed by atoms with E-state index in [-0.39, 0.29) is 50.9 Å². The van der Waals surface area contributed by atoms with Gasteiger partial charge in [-0.25, -0.2) is 4.79 Å². The molecule has 3 aromatic rings. The molecule has 1 aromatic carbocycles. The molecule has 0 fully saturated rings. The van der Waals surface area contributed by atoms with E-state index in [0.29, 0.717) is 4.47 Å². The van der Waals surface area contributed by atoms with Gasteiger partial charge in [-0.05, 0) is 71.9 Å². The van der Waals surface area contributed by atoms with Gasteiger partial charge in [-0.15, -0.1) is 0 Å². The third kappa shape index (κ3) is 5.58. The molecule has 0 unspecified atom stereocenters. The first-order valence-electron chi connectivity index (χ1n) is 12.0. The number of aromatic hydroxyl groups is 2. The fourth-order valence-electron chi connectivity index (χ4n) is 4.19. The number of carbonyl (C=O) groups excluding carboxylic acids is 1. The maximum absolute atomic E-state index is 13.6. The predicted molar refractivity (Wildman–Crippen MR) is 155 cm³/mol. The van der Waals surface area contributed by atoms with Gasteiger partial charge < -0.3 is 24.4 Å². The van der Waals surface area contributed by atoms with Crippen molar-refractivity contribution >= 4 is 46.3 Å². The lowest BCUT2D eigenvalue weighted by atomic mass is 9.86. The lowest BCUT2D eigenvalue weighted by molar-refractivity contribution is -0.145. The highest BCUT2D eigenvalue weighted by atomic mass is 79.9. The van der Waals surface area contributed by atoms with E-state index in [2.05, 4.69) is 15.9 Å². The number of aromatic nitrogens is 4. The Bertz CT molecular complexity index is 1640. The molecule has 2 heterocycles. The van der Waals surface area contributed by atoms with Crippen LogP contribution in [0.3, 0.4) is 0 Å². The molecule has 3 rings (SSSR count). The summed E-state index contributed by atoms with van der Waals surface area (Å²) in [4.78, 5) is 39.1. The second kappa shape index (κ2) is 12.4. The average Bonchev–Trinajstić information content (AvgIpc) is 2.91. The number of halogens is 1. The monoisotopic (exact) mass is 656 g/mol. The van der Waals surface area contributed by atoms with E-state index >= 15 is 0 Å². The van der Waals surface area contributed by atoms with Gasteiger partial charge in [0.2, 0.25) is 11.8 Å². The van der Waals surface area contributed by atoms with Crippen molar-refractivity contribution in [2.24, 2.45) is 28.2 Å². The van der Waals surface area contributed by atoms with Crippen LogP contribution in [0.4, 0.5) is 0 Å². The first kappa shape index (κ1) is 31.1. The molecule has 216 valence electrons. The Balaban J connectivity index is 2.46. The van der Waals surface area contributed by atoms with Gasteiger partial charge in [0, 0.05) is 28.2 Å². The molecule has 0 saturated carbocycles. The summed E-state index contributed by atoms with van der Waals surface area (Å²) in [6.45, 7) is 3.39. The van der Waals surface area contributed by atoms with Crippen LogP contribution in [0.5, 0.6) is 23.3 Å². The van der Waals surface area contributed by atoms with Crippen molar-refractivity contribution in [3.8, 4) is 23.3 Å². The summed E-state index contributed by atoms with van der Waals surface area (Å²) in [7, 11) is 5.80. The number of esters is 1. The Hall–Kier alpha value is -3.43. The van der Waals surface area contributed by atoms with Crippen molar-refractivity contribution in [2.75, 3.05) is 19.8 Å². The van der Waals surface area contributed by atoms with Crippen LogP contribution in [-0.4, -0.2) is 54.3 Å². The van der Waals surface area contributed by atoms with Crippen LogP contribution in [0.1, 0.15) is 36.5 Å². The number of carbonyl (C=O) groups is 1. The van der Waals surface area contributed by atoms with Crippen LogP contribution in [0.15, 0.2) is 26.2 Å². The molecule has 15 heteroatoms. The van der Waals surface area contributed by atoms with Crippen molar-refractivity contribution in [3.05, 3.63) is 63.5 Å². The van der Waals surface area contributed by atoms with Gasteiger partial charge in [0.15, 0.2) is 27.6 Å². The fourth-order valence-corrected chi connectivity index (χ4v) is 5.11. The lowest BCUT2D eigenvalue weighted by Gasteiger charge is -2.24. The van der Waals surface area contributed by atoms with E-state index < -0.39 is 41.4 Å². The zero-order valence-corrected chi connectivity index (χ0v) is 25.9. The molecule has 40 heavy (non-hydrogen) atoms. The molecule has 2 N–H and O–H groups in total. The van der Waals surface area contributed by atoms with Gasteiger partial charge in [-0.3, -0.25) is 27.9 Å². The van der Waals surface area contributed by atoms with Crippen LogP contribution < -0.4 is 20.6 Å². The largest absolute Gasteiger partial charge is 0.494 e. The second-order valence-corrected chi connectivity index (χ2v) is 10.3. The molecular formula is C25H29BrN4O8S2. The number of nitrogens with zero attached hydrogens (tertiary/aromatic N) is 4. The normalized spacial score (nSPS) is 11.1. The fraction of sp³-hybridized carbons (Fsp3) is 0.400. The van der Waals surface area contributed by atoms with Gasteiger partial charge >= 0.3 is 5.97 Å². The third-order valence-corrected chi connectivity index (χ3v) is 7.90. The summed E-state index contributed by atoms with van der Waals surface area (Å²) in [6, 6.07) is 3.04. The molecule has 0 atom stereocenters. The first-order chi connectivity index (χ1) is 18.8. The van der Waals surface area contributed by atoms with E-state index in [1.54, 1.807) is 13.8 Å². The topological polar surface area (TPSA) is 139 Å². The van der Waals surface area contributed by atoms with Gasteiger partial charge in [-0.1, -0.05) is 0 Å². The quantitative estimate of drug-likeness (QED) is 0.261. The predicted octanol–water partition coefficient (Wildman–Crippen LogP) is 2.91. The smallest absolute Gasteiger partial charge is 0.344 e. The van der Waals surface area contributed by atoms with E-state index in [1.807, 2.05) is 0 Å². The summed E-state index contributed by atoms with van der Waals surface area (Å²) in [6.07, 6.45) is 0. The Kier molecular flexibility index (Phi) is 9.64. The van der Waals surface area contributed by atoms with E-state index in [4.69, 9.17) is 38.6 Å². The molecule has 0 bridgehead atoms. The van der Waals surface area contributed by atoms with E-state index in [9.17, 15) is 24.6 Å². The van der Waals surface area contributed by atoms with Gasteiger partial charge in [0.1, 0.15) is 0 Å². The molecular weight excluding hydrogens is 628 g/mol. The number of hydrogen-bond donors (Lipinski definition) is 2. The van der Waals surface area contributed by atoms with E-state index in [0.717, 1.165) is 9.13 Å². The van der Waals surface area contributed by atoms with Crippen LogP contribution >= 0.6 is 40.4 Å². The minimum absolute atomic E-state index is 0.0347. The summed E-state index contributed by atoms with van der Waals surface area (Å²) < 4.78 is 21.5. The molecule has 0 aliphatic carbocycles. The van der Waals surface area contributed by atoms with Crippen LogP contribution in [0.25, 0.3) is 0 Å². The second-order valence-electron chi connectivity index (χ2n) is 8.68. The zero-order chi connectivity index (χ0) is 30.0. The molecule has 0 radical (unpaired) electrons. The van der Waals surface area contributed by atoms with Gasteiger partial charge in [-0.2, -0.15) is 0 Å². The number of ether oxygens (including phenoxy) is 3. The molecule has 0 saturated heterocycles. The van der Waals surface area contributed by atoms with E-state index in [1.165, 1.54) is 49.5 Å². The summed E-state index contributed by atoms with van der Waals surface area (Å²) in [5, 5.41) is 22.4. The number of rotatable bonds is 9. The average molecular weight is 658 g/mol. The van der Waals surface area contributed by atoms with Crippen LogP contribution in [0, 0.1) is 9.54 Å². The minimum atomic E-state index is -1.32. The summed E-state index contributed by atoms with van der Waals surface area (Å²) in [5.74, 6) is -2.57. The van der Waals surface area contributed by atoms with Crippen molar-refractivity contribution in [1.29, 1.82) is 0 Å². The van der Waals surface area contributed by atoms with Gasteiger partial charge in [0.25, 0.3) is 11.1 Å². The lowest BCUT2D eigenvalue weighted by Crippen LogP contribution is -2.33. The molecule has 0 aliphatic rings. The Morgan fingerprint density at radius 1 is 0.875 bits per heavy atom. The number of benzene rings is 1. The maximum atomic E-state index is 13.6. The molecule has 0 aliphatic heterocycles. The highest BCUT2D eigenvalue weighted by Crippen LogP contribution is 2.43. The number of hydrogen-bond acceptors (Lipinski definition) is 10. The summed E-state index contributed by atoms with van der Waals surface area (Å²) >= 11 is 14.0. The minimum Gasteiger partial charge on any atom is -0.494 e. The van der Waals surface area contributed by atoms with Gasteiger partial charge in [0.05, 0.1) is 34.7 Å². The SMILES string of the molecule is CCOC(=O)COc1c(Br)cc(C(c2c(O)n(C)c(=S)n(C)c2=O)c2c(O)n(C)c(=S)n(C)c2=O)cc1OCC. The summed E-state index contributed by atoms with van der Waals surface area (Å²) in [5.41, 5.74) is -1.55. The molecule has 0 spiro atoms. The third-order valence-electron chi connectivity index (χ3n) is 6.22. The van der Waals surface area contributed by atoms with Crippen molar-refractivity contribution < 1.29 is 29.2 Å². The highest BCUT2D eigenvalue weighted by molar-refractivity contribution is 9.10. The molecule has 2 aromatic heterocycles. The Labute approximate surface area is 247 Å². The Morgan fingerprint density at radius 3 is 1.82 bits per heavy atom. The highest BCUT2D eigenvalue weighted by Gasteiger charge is 2.33. The molecule has 12 nitrogen and oxygen atoms in total. The standard InChI is InChI=1S/C25H29BrN4O8S2/c1-7-36-14-10-12(9-13(26)19(14)38-11-15(31)37-8-2)16(17-20(32)27(3)24(39)28(4)21(17)33)18-22(34)29(5)25(40)30(6)23(18)35/h9-10,16,32,34H,7-8,11H2,1-6H3. The van der Waals surface area contributed by atoms with Crippen molar-refractivity contribution in [3.63, 3.8) is 0 Å². The Morgan fingerprint density at radius 2 is 1.38 bits per heavy atom. The maximum Gasteiger partial charge on any atom is 0.344 e. The van der Waals surface area contributed by atoms with Crippen molar-refractivity contribution in [1.82, 2.24) is 18.3 Å². The first-order valence-corrected chi connectivity index (χ1v) is 13.6. The van der Waals surface area contributed by atoms with Crippen LogP contribution in [-0.2, 0) is 37.7 Å². The van der Waals surface area contributed by atoms with Crippen molar-refractivity contribution in [2.45, 2.75) is 19.8 Å². The zero-order valence-electron chi connectivity index (χ0n) is 22.7. The molecule has 0 amide bonds. The van der Waals surface area contributed by atoms with Crippen LogP contribution in [0.2, 0.25) is 0 Å².